The van der Waals surface area contributed by atoms with E-state index < -0.39 is 6.10 Å². The Bertz CT molecular complexity index is 371. The molecule has 0 radical (unpaired) electrons. The number of aliphatic hydroxyl groups excluding tert-OH is 1. The second-order valence-corrected chi connectivity index (χ2v) is 5.11. The Kier molecular flexibility index (Phi) is 6.30. The average molecular weight is 280 g/mol. The Hall–Kier alpha value is -1.10. The van der Waals surface area contributed by atoms with Gasteiger partial charge in [-0.3, -0.25) is 0 Å². The van der Waals surface area contributed by atoms with Crippen molar-refractivity contribution in [3.05, 3.63) is 29.8 Å². The molecule has 1 saturated heterocycles. The van der Waals surface area contributed by atoms with Crippen LogP contribution in [0.5, 0.6) is 5.75 Å². The molecule has 1 N–H and O–H groups in total. The Balaban J connectivity index is 1.71. The summed E-state index contributed by atoms with van der Waals surface area (Å²) < 4.78 is 16.3. The molecule has 1 aromatic carbocycles. The maximum Gasteiger partial charge on any atom is 0.119 e. The highest BCUT2D eigenvalue weighted by molar-refractivity contribution is 5.28. The van der Waals surface area contributed by atoms with E-state index in [1.165, 1.54) is 0 Å². The topological polar surface area (TPSA) is 47.9 Å². The van der Waals surface area contributed by atoms with Gasteiger partial charge in [0.25, 0.3) is 0 Å². The molecule has 0 aromatic heterocycles. The van der Waals surface area contributed by atoms with Crippen molar-refractivity contribution in [2.45, 2.75) is 25.9 Å². The Labute approximate surface area is 120 Å². The van der Waals surface area contributed by atoms with Gasteiger partial charge in [0.05, 0.1) is 13.2 Å². The SMILES string of the molecule is CCOc1ccc(C(O)COCC2CCOCC2)cc1. The van der Waals surface area contributed by atoms with Crippen LogP contribution in [0.25, 0.3) is 0 Å². The molecule has 0 spiro atoms. The molecule has 4 nitrogen and oxygen atoms in total. The summed E-state index contributed by atoms with van der Waals surface area (Å²) in [4.78, 5) is 0. The summed E-state index contributed by atoms with van der Waals surface area (Å²) in [6.07, 6.45) is 1.53. The van der Waals surface area contributed by atoms with E-state index in [0.717, 1.165) is 37.4 Å². The predicted molar refractivity (Wildman–Crippen MR) is 76.9 cm³/mol. The standard InChI is InChI=1S/C16H24O4/c1-2-20-15-5-3-14(4-6-15)16(17)12-19-11-13-7-9-18-10-8-13/h3-6,13,16-17H,2,7-12H2,1H3. The lowest BCUT2D eigenvalue weighted by molar-refractivity contribution is -0.00966. The maximum atomic E-state index is 10.1. The van der Waals surface area contributed by atoms with Crippen molar-refractivity contribution in [3.8, 4) is 5.75 Å². The van der Waals surface area contributed by atoms with Gasteiger partial charge in [0.2, 0.25) is 0 Å². The van der Waals surface area contributed by atoms with Gasteiger partial charge >= 0.3 is 0 Å². The minimum atomic E-state index is -0.578. The smallest absolute Gasteiger partial charge is 0.119 e. The van der Waals surface area contributed by atoms with Crippen LogP contribution in [0.2, 0.25) is 0 Å². The van der Waals surface area contributed by atoms with Crippen molar-refractivity contribution in [3.63, 3.8) is 0 Å². The first-order valence-corrected chi connectivity index (χ1v) is 7.36. The highest BCUT2D eigenvalue weighted by Crippen LogP contribution is 2.19. The Morgan fingerprint density at radius 3 is 2.60 bits per heavy atom. The number of rotatable bonds is 7. The highest BCUT2D eigenvalue weighted by atomic mass is 16.5. The summed E-state index contributed by atoms with van der Waals surface area (Å²) >= 11 is 0. The number of aliphatic hydroxyl groups is 1. The minimum Gasteiger partial charge on any atom is -0.494 e. The molecule has 2 rings (SSSR count). The first-order valence-electron chi connectivity index (χ1n) is 7.36. The molecule has 1 unspecified atom stereocenters. The molecule has 0 bridgehead atoms. The number of hydrogen-bond acceptors (Lipinski definition) is 4. The van der Waals surface area contributed by atoms with Crippen LogP contribution in [0.4, 0.5) is 0 Å². The second-order valence-electron chi connectivity index (χ2n) is 5.11. The van der Waals surface area contributed by atoms with Crippen LogP contribution >= 0.6 is 0 Å². The van der Waals surface area contributed by atoms with Crippen molar-refractivity contribution in [2.75, 3.05) is 33.0 Å². The molecular formula is C16H24O4. The van der Waals surface area contributed by atoms with Gasteiger partial charge in [-0.05, 0) is 43.4 Å². The zero-order valence-corrected chi connectivity index (χ0v) is 12.1. The number of benzene rings is 1. The molecule has 0 aliphatic carbocycles. The third-order valence-electron chi connectivity index (χ3n) is 3.55. The van der Waals surface area contributed by atoms with Crippen LogP contribution in [0, 0.1) is 5.92 Å². The fraction of sp³-hybridized carbons (Fsp3) is 0.625. The molecule has 0 saturated carbocycles. The summed E-state index contributed by atoms with van der Waals surface area (Å²) in [5, 5.41) is 10.1. The van der Waals surface area contributed by atoms with Gasteiger partial charge in [-0.25, -0.2) is 0 Å². The van der Waals surface area contributed by atoms with Crippen molar-refractivity contribution in [1.29, 1.82) is 0 Å². The van der Waals surface area contributed by atoms with Crippen LogP contribution in [-0.2, 0) is 9.47 Å². The monoisotopic (exact) mass is 280 g/mol. The lowest BCUT2D eigenvalue weighted by atomic mass is 10.0. The first kappa shape index (κ1) is 15.3. The van der Waals surface area contributed by atoms with Crippen LogP contribution in [0.3, 0.4) is 0 Å². The van der Waals surface area contributed by atoms with E-state index in [1.807, 2.05) is 31.2 Å². The first-order chi connectivity index (χ1) is 9.79. The van der Waals surface area contributed by atoms with Crippen molar-refractivity contribution in [1.82, 2.24) is 0 Å². The fourth-order valence-corrected chi connectivity index (χ4v) is 2.31. The van der Waals surface area contributed by atoms with Gasteiger partial charge in [-0.1, -0.05) is 12.1 Å². The van der Waals surface area contributed by atoms with Gasteiger partial charge in [0.15, 0.2) is 0 Å². The van der Waals surface area contributed by atoms with E-state index in [2.05, 4.69) is 0 Å². The van der Waals surface area contributed by atoms with Gasteiger partial charge in [-0.15, -0.1) is 0 Å². The van der Waals surface area contributed by atoms with E-state index in [9.17, 15) is 5.11 Å². The molecule has 1 atom stereocenters. The van der Waals surface area contributed by atoms with E-state index in [4.69, 9.17) is 14.2 Å². The van der Waals surface area contributed by atoms with Gasteiger partial charge < -0.3 is 19.3 Å². The molecule has 0 amide bonds. The summed E-state index contributed by atoms with van der Waals surface area (Å²) in [7, 11) is 0. The molecule has 20 heavy (non-hydrogen) atoms. The van der Waals surface area contributed by atoms with Crippen LogP contribution in [0.1, 0.15) is 31.4 Å². The largest absolute Gasteiger partial charge is 0.494 e. The number of ether oxygens (including phenoxy) is 3. The van der Waals surface area contributed by atoms with Crippen LogP contribution < -0.4 is 4.74 Å². The molecule has 1 aromatic rings. The fourth-order valence-electron chi connectivity index (χ4n) is 2.31. The van der Waals surface area contributed by atoms with Crippen LogP contribution in [0.15, 0.2) is 24.3 Å². The quantitative estimate of drug-likeness (QED) is 0.834. The normalized spacial score (nSPS) is 17.9. The Morgan fingerprint density at radius 1 is 1.25 bits per heavy atom. The highest BCUT2D eigenvalue weighted by Gasteiger charge is 2.15. The Morgan fingerprint density at radius 2 is 1.95 bits per heavy atom. The van der Waals surface area contributed by atoms with Crippen molar-refractivity contribution >= 4 is 0 Å². The van der Waals surface area contributed by atoms with Gasteiger partial charge in [0, 0.05) is 19.8 Å². The summed E-state index contributed by atoms with van der Waals surface area (Å²) in [6, 6.07) is 7.52. The maximum absolute atomic E-state index is 10.1. The molecule has 112 valence electrons. The molecular weight excluding hydrogens is 256 g/mol. The van der Waals surface area contributed by atoms with E-state index in [-0.39, 0.29) is 0 Å². The molecule has 1 heterocycles. The van der Waals surface area contributed by atoms with Gasteiger partial charge in [0.1, 0.15) is 11.9 Å². The third kappa shape index (κ3) is 4.78. The van der Waals surface area contributed by atoms with Crippen molar-refractivity contribution < 1.29 is 19.3 Å². The van der Waals surface area contributed by atoms with E-state index >= 15 is 0 Å². The second kappa shape index (κ2) is 8.25. The lowest BCUT2D eigenvalue weighted by Crippen LogP contribution is -2.21. The minimum absolute atomic E-state index is 0.339. The average Bonchev–Trinajstić information content (AvgIpc) is 2.49. The summed E-state index contributed by atoms with van der Waals surface area (Å²) in [5.41, 5.74) is 0.862. The van der Waals surface area contributed by atoms with Gasteiger partial charge in [-0.2, -0.15) is 0 Å². The molecule has 1 aliphatic rings. The summed E-state index contributed by atoms with van der Waals surface area (Å²) in [5.74, 6) is 1.39. The lowest BCUT2D eigenvalue weighted by Gasteiger charge is -2.22. The van der Waals surface area contributed by atoms with Crippen LogP contribution in [-0.4, -0.2) is 38.1 Å². The zero-order chi connectivity index (χ0) is 14.2. The zero-order valence-electron chi connectivity index (χ0n) is 12.1. The summed E-state index contributed by atoms with van der Waals surface area (Å²) in [6.45, 7) is 5.30. The van der Waals surface area contributed by atoms with E-state index in [1.54, 1.807) is 0 Å². The predicted octanol–water partition coefficient (Wildman–Crippen LogP) is 2.56. The molecule has 1 aliphatic heterocycles. The molecule has 4 heteroatoms. The number of hydrogen-bond donors (Lipinski definition) is 1. The van der Waals surface area contributed by atoms with Crippen molar-refractivity contribution in [2.24, 2.45) is 5.92 Å². The molecule has 1 fully saturated rings. The third-order valence-corrected chi connectivity index (χ3v) is 3.55. The van der Waals surface area contributed by atoms with E-state index in [0.29, 0.717) is 25.7 Å².